The summed E-state index contributed by atoms with van der Waals surface area (Å²) in [5.74, 6) is 1.21. The van der Waals surface area contributed by atoms with Crippen LogP contribution in [0.2, 0.25) is 0 Å². The van der Waals surface area contributed by atoms with Gasteiger partial charge in [0, 0.05) is 18.0 Å². The number of halogens is 1. The number of fused-ring (bicyclic) bond motifs is 1. The number of hydrogen-bond donors (Lipinski definition) is 0. The number of alkyl halides is 1. The first-order valence-corrected chi connectivity index (χ1v) is 6.28. The summed E-state index contributed by atoms with van der Waals surface area (Å²) in [6, 6.07) is 0. The van der Waals surface area contributed by atoms with Crippen molar-refractivity contribution >= 4 is 17.5 Å². The van der Waals surface area contributed by atoms with Gasteiger partial charge in [-0.1, -0.05) is 5.16 Å². The zero-order valence-corrected chi connectivity index (χ0v) is 11.2. The molecule has 1 aliphatic rings. The molecule has 2 heterocycles. The molecule has 1 aliphatic heterocycles. The number of aromatic nitrogens is 1. The van der Waals surface area contributed by atoms with Gasteiger partial charge in [-0.15, -0.1) is 11.6 Å². The molecule has 0 N–H and O–H groups in total. The molecular weight excluding hydrogens is 240 g/mol. The van der Waals surface area contributed by atoms with Gasteiger partial charge in [-0.05, 0) is 27.2 Å². The Bertz CT molecular complexity index is 440. The lowest BCUT2D eigenvalue weighted by Gasteiger charge is -2.32. The van der Waals surface area contributed by atoms with Crippen molar-refractivity contribution in [2.75, 3.05) is 12.4 Å². The summed E-state index contributed by atoms with van der Waals surface area (Å²) < 4.78 is 5.24. The van der Waals surface area contributed by atoms with Crippen molar-refractivity contribution in [1.29, 1.82) is 0 Å². The Kier molecular flexibility index (Phi) is 3.17. The number of hydrogen-bond acceptors (Lipinski definition) is 3. The van der Waals surface area contributed by atoms with Crippen molar-refractivity contribution < 1.29 is 9.32 Å². The fraction of sp³-hybridized carbons (Fsp3) is 0.667. The van der Waals surface area contributed by atoms with Crippen LogP contribution < -0.4 is 0 Å². The molecule has 1 aromatic heterocycles. The number of nitrogens with zero attached hydrogens (tertiary/aromatic N) is 2. The molecule has 0 saturated carbocycles. The van der Waals surface area contributed by atoms with Gasteiger partial charge < -0.3 is 9.42 Å². The van der Waals surface area contributed by atoms with Gasteiger partial charge in [-0.2, -0.15) is 0 Å². The molecule has 0 radical (unpaired) electrons. The molecule has 5 heteroatoms. The highest BCUT2D eigenvalue weighted by molar-refractivity contribution is 6.19. The van der Waals surface area contributed by atoms with Gasteiger partial charge in [0.15, 0.2) is 5.76 Å². The van der Waals surface area contributed by atoms with Crippen molar-refractivity contribution in [2.24, 2.45) is 5.41 Å². The first-order valence-electron chi connectivity index (χ1n) is 5.75. The molecule has 94 valence electrons. The normalized spacial score (nSPS) is 15.9. The van der Waals surface area contributed by atoms with Gasteiger partial charge in [0.05, 0.1) is 17.7 Å². The van der Waals surface area contributed by atoms with Gasteiger partial charge >= 0.3 is 0 Å². The van der Waals surface area contributed by atoms with Crippen molar-refractivity contribution in [3.63, 3.8) is 0 Å². The largest absolute Gasteiger partial charge is 0.359 e. The monoisotopic (exact) mass is 256 g/mol. The quantitative estimate of drug-likeness (QED) is 0.762. The Morgan fingerprint density at radius 1 is 1.59 bits per heavy atom. The minimum absolute atomic E-state index is 0.0761. The van der Waals surface area contributed by atoms with Gasteiger partial charge in [0.25, 0.3) is 0 Å². The highest BCUT2D eigenvalue weighted by atomic mass is 35.5. The standard InChI is InChI=1S/C12H17ClN2O2/c1-8-9-4-5-15(6-10(9)17-14-8)11(16)12(2,3)7-13/h4-7H2,1-3H3. The third-order valence-corrected chi connectivity index (χ3v) is 3.90. The van der Waals surface area contributed by atoms with E-state index in [0.29, 0.717) is 19.0 Å². The minimum atomic E-state index is -0.520. The van der Waals surface area contributed by atoms with Crippen LogP contribution in [0.3, 0.4) is 0 Å². The Morgan fingerprint density at radius 2 is 2.29 bits per heavy atom. The van der Waals surface area contributed by atoms with E-state index in [-0.39, 0.29) is 5.91 Å². The van der Waals surface area contributed by atoms with E-state index < -0.39 is 5.41 Å². The van der Waals surface area contributed by atoms with Crippen molar-refractivity contribution in [3.05, 3.63) is 17.0 Å². The molecule has 0 spiro atoms. The summed E-state index contributed by atoms with van der Waals surface area (Å²) in [5.41, 5.74) is 1.56. The van der Waals surface area contributed by atoms with E-state index in [1.807, 2.05) is 20.8 Å². The van der Waals surface area contributed by atoms with Crippen LogP contribution in [0, 0.1) is 12.3 Å². The van der Waals surface area contributed by atoms with Gasteiger partial charge in [-0.3, -0.25) is 4.79 Å². The van der Waals surface area contributed by atoms with Crippen LogP contribution in [0.4, 0.5) is 0 Å². The average molecular weight is 257 g/mol. The number of amides is 1. The zero-order chi connectivity index (χ0) is 12.6. The average Bonchev–Trinajstić information content (AvgIpc) is 2.69. The molecular formula is C12H17ClN2O2. The summed E-state index contributed by atoms with van der Waals surface area (Å²) in [6.07, 6.45) is 0.814. The summed E-state index contributed by atoms with van der Waals surface area (Å²) in [7, 11) is 0. The maximum Gasteiger partial charge on any atom is 0.229 e. The Balaban J connectivity index is 2.15. The molecule has 0 saturated heterocycles. The number of carbonyl (C=O) groups excluding carboxylic acids is 1. The zero-order valence-electron chi connectivity index (χ0n) is 10.4. The van der Waals surface area contributed by atoms with Crippen LogP contribution in [-0.2, 0) is 17.8 Å². The predicted molar refractivity (Wildman–Crippen MR) is 64.9 cm³/mol. The second-order valence-electron chi connectivity index (χ2n) is 5.16. The minimum Gasteiger partial charge on any atom is -0.359 e. The molecule has 0 bridgehead atoms. The fourth-order valence-corrected chi connectivity index (χ4v) is 2.15. The molecule has 0 aliphatic carbocycles. The van der Waals surface area contributed by atoms with Crippen molar-refractivity contribution in [3.8, 4) is 0 Å². The van der Waals surface area contributed by atoms with Gasteiger partial charge in [-0.25, -0.2) is 0 Å². The van der Waals surface area contributed by atoms with Crippen LogP contribution in [-0.4, -0.2) is 28.4 Å². The Hall–Kier alpha value is -1.03. The number of carbonyl (C=O) groups is 1. The van der Waals surface area contributed by atoms with Crippen LogP contribution in [0.1, 0.15) is 30.9 Å². The van der Waals surface area contributed by atoms with Crippen molar-refractivity contribution in [2.45, 2.75) is 33.7 Å². The van der Waals surface area contributed by atoms with Crippen LogP contribution in [0.15, 0.2) is 4.52 Å². The third-order valence-electron chi connectivity index (χ3n) is 3.23. The van der Waals surface area contributed by atoms with E-state index in [9.17, 15) is 4.79 Å². The molecule has 0 unspecified atom stereocenters. The van der Waals surface area contributed by atoms with E-state index >= 15 is 0 Å². The first kappa shape index (κ1) is 12.4. The Labute approximate surface area is 106 Å². The second-order valence-corrected chi connectivity index (χ2v) is 5.43. The lowest BCUT2D eigenvalue weighted by atomic mass is 9.93. The first-order chi connectivity index (χ1) is 7.95. The third kappa shape index (κ3) is 2.18. The number of aryl methyl sites for hydroxylation is 1. The van der Waals surface area contributed by atoms with E-state index in [0.717, 1.165) is 23.4 Å². The molecule has 0 aromatic carbocycles. The predicted octanol–water partition coefficient (Wildman–Crippen LogP) is 2.13. The summed E-state index contributed by atoms with van der Waals surface area (Å²) in [5, 5.41) is 3.94. The van der Waals surface area contributed by atoms with E-state index in [2.05, 4.69) is 5.16 Å². The van der Waals surface area contributed by atoms with E-state index in [4.69, 9.17) is 16.1 Å². The number of rotatable bonds is 2. The van der Waals surface area contributed by atoms with Gasteiger partial charge in [0.1, 0.15) is 0 Å². The lowest BCUT2D eigenvalue weighted by molar-refractivity contribution is -0.140. The molecule has 2 rings (SSSR count). The topological polar surface area (TPSA) is 46.3 Å². The summed E-state index contributed by atoms with van der Waals surface area (Å²) >= 11 is 5.83. The fourth-order valence-electron chi connectivity index (χ4n) is 2.04. The van der Waals surface area contributed by atoms with Crippen molar-refractivity contribution in [1.82, 2.24) is 10.1 Å². The molecule has 1 amide bonds. The van der Waals surface area contributed by atoms with E-state index in [1.165, 1.54) is 0 Å². The lowest BCUT2D eigenvalue weighted by Crippen LogP contribution is -2.44. The molecule has 17 heavy (non-hydrogen) atoms. The smallest absolute Gasteiger partial charge is 0.229 e. The molecule has 0 fully saturated rings. The van der Waals surface area contributed by atoms with Gasteiger partial charge in [0.2, 0.25) is 5.91 Å². The van der Waals surface area contributed by atoms with E-state index in [1.54, 1.807) is 4.90 Å². The highest BCUT2D eigenvalue weighted by Crippen LogP contribution is 2.27. The maximum absolute atomic E-state index is 12.2. The molecule has 0 atom stereocenters. The molecule has 1 aromatic rings. The SMILES string of the molecule is Cc1noc2c1CCN(C(=O)C(C)(C)CCl)C2. The summed E-state index contributed by atoms with van der Waals surface area (Å²) in [6.45, 7) is 6.89. The Morgan fingerprint density at radius 3 is 2.94 bits per heavy atom. The maximum atomic E-state index is 12.2. The van der Waals surface area contributed by atoms with Crippen LogP contribution in [0.5, 0.6) is 0 Å². The summed E-state index contributed by atoms with van der Waals surface area (Å²) in [4.78, 5) is 14.0. The van der Waals surface area contributed by atoms with Crippen LogP contribution in [0.25, 0.3) is 0 Å². The second kappa shape index (κ2) is 4.33. The van der Waals surface area contributed by atoms with Crippen LogP contribution >= 0.6 is 11.6 Å². The highest BCUT2D eigenvalue weighted by Gasteiger charge is 2.34. The molecule has 4 nitrogen and oxygen atoms in total.